The van der Waals surface area contributed by atoms with Gasteiger partial charge in [-0.15, -0.1) is 0 Å². The van der Waals surface area contributed by atoms with Gasteiger partial charge in [-0.1, -0.05) is 53.2 Å². The number of carboxylic acids is 1. The summed E-state index contributed by atoms with van der Waals surface area (Å²) in [7, 11) is 0. The molecule has 3 heteroatoms. The first kappa shape index (κ1) is 24.8. The lowest BCUT2D eigenvalue weighted by Gasteiger charge is -2.69. The number of aliphatic hydroxyl groups is 1. The molecule has 0 amide bonds. The largest absolute Gasteiger partial charge is 0.481 e. The summed E-state index contributed by atoms with van der Waals surface area (Å²) in [6.07, 6.45) is 11.7. The van der Waals surface area contributed by atoms with E-state index in [4.69, 9.17) is 0 Å². The van der Waals surface area contributed by atoms with Crippen molar-refractivity contribution in [3.8, 4) is 0 Å². The van der Waals surface area contributed by atoms with Crippen LogP contribution in [-0.2, 0) is 4.79 Å². The monoisotopic (exact) mass is 470 g/mol. The summed E-state index contributed by atoms with van der Waals surface area (Å²) in [6.45, 7) is 18.9. The number of hydrogen-bond acceptors (Lipinski definition) is 2. The standard InChI is InChI=1S/C31H50O3/c1-19(2)20-12-16-31(26(33)34)18-17-29(6)21(25(20)31)10-11-23-28(5)15-13-24(32)27(3,4)22(28)9-8-14-30(23,29)7/h20-25,32H,1,8-18H2,2-7H3,(H,33,34). The van der Waals surface area contributed by atoms with Crippen molar-refractivity contribution in [2.24, 2.45) is 56.7 Å². The van der Waals surface area contributed by atoms with Crippen LogP contribution in [0.1, 0.15) is 112 Å². The van der Waals surface area contributed by atoms with Crippen molar-refractivity contribution in [2.45, 2.75) is 118 Å². The molecule has 0 radical (unpaired) electrons. The van der Waals surface area contributed by atoms with Gasteiger partial charge in [-0.25, -0.2) is 0 Å². The molecular weight excluding hydrogens is 420 g/mol. The molecule has 0 aliphatic heterocycles. The van der Waals surface area contributed by atoms with Gasteiger partial charge in [0, 0.05) is 0 Å². The van der Waals surface area contributed by atoms with Gasteiger partial charge in [0.2, 0.25) is 0 Å². The van der Waals surface area contributed by atoms with Gasteiger partial charge in [0.1, 0.15) is 0 Å². The van der Waals surface area contributed by atoms with Gasteiger partial charge in [0.25, 0.3) is 0 Å². The number of hydrogen-bond donors (Lipinski definition) is 2. The van der Waals surface area contributed by atoms with Crippen molar-refractivity contribution < 1.29 is 15.0 Å². The quantitative estimate of drug-likeness (QED) is 0.411. The third-order valence-corrected chi connectivity index (χ3v) is 13.7. The Morgan fingerprint density at radius 2 is 1.53 bits per heavy atom. The molecule has 10 unspecified atom stereocenters. The maximum absolute atomic E-state index is 12.8. The molecule has 0 aromatic heterocycles. The lowest BCUT2D eigenvalue weighted by molar-refractivity contribution is -0.215. The molecule has 0 aromatic carbocycles. The second kappa shape index (κ2) is 7.59. The molecule has 5 saturated carbocycles. The average Bonchev–Trinajstić information content (AvgIpc) is 3.11. The van der Waals surface area contributed by atoms with Crippen LogP contribution in [0.4, 0.5) is 0 Å². The molecule has 0 heterocycles. The molecule has 34 heavy (non-hydrogen) atoms. The maximum Gasteiger partial charge on any atom is 0.309 e. The molecular formula is C31H50O3. The number of aliphatic carboxylic acids is 1. The van der Waals surface area contributed by atoms with Crippen molar-refractivity contribution in [3.05, 3.63) is 12.2 Å². The van der Waals surface area contributed by atoms with Crippen LogP contribution in [0.5, 0.6) is 0 Å². The molecule has 10 atom stereocenters. The number of aliphatic hydroxyl groups excluding tert-OH is 1. The number of carboxylic acid groups (broad SMARTS) is 1. The van der Waals surface area contributed by atoms with Crippen LogP contribution in [0.3, 0.4) is 0 Å². The Labute approximate surface area is 208 Å². The fraction of sp³-hybridized carbons (Fsp3) is 0.903. The molecule has 192 valence electrons. The highest BCUT2D eigenvalue weighted by Gasteiger charge is 2.71. The Hall–Kier alpha value is -0.830. The van der Waals surface area contributed by atoms with E-state index in [0.717, 1.165) is 38.5 Å². The zero-order chi connectivity index (χ0) is 24.9. The molecule has 5 rings (SSSR count). The first-order valence-electron chi connectivity index (χ1n) is 14.3. The second-order valence-electron chi connectivity index (χ2n) is 14.9. The topological polar surface area (TPSA) is 57.5 Å². The Kier molecular flexibility index (Phi) is 5.55. The molecule has 0 bridgehead atoms. The van der Waals surface area contributed by atoms with E-state index < -0.39 is 11.4 Å². The van der Waals surface area contributed by atoms with E-state index >= 15 is 0 Å². The summed E-state index contributed by atoms with van der Waals surface area (Å²) >= 11 is 0. The van der Waals surface area contributed by atoms with E-state index in [2.05, 4.69) is 48.1 Å². The second-order valence-corrected chi connectivity index (χ2v) is 14.9. The lowest BCUT2D eigenvalue weighted by Crippen LogP contribution is -2.63. The van der Waals surface area contributed by atoms with Gasteiger partial charge in [0.05, 0.1) is 11.5 Å². The van der Waals surface area contributed by atoms with Gasteiger partial charge >= 0.3 is 5.97 Å². The summed E-state index contributed by atoms with van der Waals surface area (Å²) < 4.78 is 0. The number of fused-ring (bicyclic) bond motifs is 7. The number of carbonyl (C=O) groups is 1. The first-order chi connectivity index (χ1) is 15.8. The third-order valence-electron chi connectivity index (χ3n) is 13.7. The van der Waals surface area contributed by atoms with Gasteiger partial charge < -0.3 is 10.2 Å². The molecule has 0 spiro atoms. The summed E-state index contributed by atoms with van der Waals surface area (Å²) in [5, 5.41) is 21.5. The molecule has 0 aromatic rings. The number of rotatable bonds is 2. The van der Waals surface area contributed by atoms with Crippen molar-refractivity contribution in [2.75, 3.05) is 0 Å². The van der Waals surface area contributed by atoms with Crippen molar-refractivity contribution in [1.82, 2.24) is 0 Å². The summed E-state index contributed by atoms with van der Waals surface area (Å²) in [5.74, 6) is 1.76. The van der Waals surface area contributed by atoms with Crippen molar-refractivity contribution >= 4 is 5.97 Å². The van der Waals surface area contributed by atoms with Gasteiger partial charge in [-0.2, -0.15) is 0 Å². The van der Waals surface area contributed by atoms with Crippen LogP contribution in [0.25, 0.3) is 0 Å². The van der Waals surface area contributed by atoms with E-state index in [0.29, 0.717) is 23.7 Å². The highest BCUT2D eigenvalue weighted by atomic mass is 16.4. The highest BCUT2D eigenvalue weighted by molar-refractivity contribution is 5.76. The number of allylic oxidation sites excluding steroid dienone is 1. The Balaban J connectivity index is 1.59. The fourth-order valence-electron chi connectivity index (χ4n) is 11.7. The molecule has 0 saturated heterocycles. The Morgan fingerprint density at radius 3 is 2.18 bits per heavy atom. The SMILES string of the molecule is C=C(C)C1CCC2(C(=O)O)CCC3(C)C(CCC4C5(C)CCC(O)C(C)(C)C5CCCC43C)C12. The van der Waals surface area contributed by atoms with Crippen LogP contribution < -0.4 is 0 Å². The van der Waals surface area contributed by atoms with E-state index in [9.17, 15) is 15.0 Å². The van der Waals surface area contributed by atoms with Crippen molar-refractivity contribution in [1.29, 1.82) is 0 Å². The minimum atomic E-state index is -0.537. The van der Waals surface area contributed by atoms with Crippen LogP contribution in [0.2, 0.25) is 0 Å². The summed E-state index contributed by atoms with van der Waals surface area (Å²) in [6, 6.07) is 0. The van der Waals surface area contributed by atoms with Gasteiger partial charge in [-0.3, -0.25) is 4.79 Å². The van der Waals surface area contributed by atoms with Crippen LogP contribution in [0, 0.1) is 56.7 Å². The van der Waals surface area contributed by atoms with E-state index in [-0.39, 0.29) is 33.7 Å². The summed E-state index contributed by atoms with van der Waals surface area (Å²) in [4.78, 5) is 12.8. The smallest absolute Gasteiger partial charge is 0.309 e. The minimum absolute atomic E-state index is 0.0302. The molecule has 5 fully saturated rings. The van der Waals surface area contributed by atoms with Gasteiger partial charge in [-0.05, 0) is 122 Å². The third kappa shape index (κ3) is 2.88. The van der Waals surface area contributed by atoms with Crippen LogP contribution in [-0.4, -0.2) is 22.3 Å². The van der Waals surface area contributed by atoms with E-state index in [1.54, 1.807) is 0 Å². The first-order valence-corrected chi connectivity index (χ1v) is 14.3. The predicted octanol–water partition coefficient (Wildman–Crippen LogP) is 7.48. The van der Waals surface area contributed by atoms with E-state index in [1.807, 2.05) is 0 Å². The minimum Gasteiger partial charge on any atom is -0.481 e. The molecule has 3 nitrogen and oxygen atoms in total. The molecule has 5 aliphatic rings. The Bertz CT molecular complexity index is 876. The zero-order valence-corrected chi connectivity index (χ0v) is 22.8. The average molecular weight is 471 g/mol. The van der Waals surface area contributed by atoms with E-state index in [1.165, 1.54) is 37.7 Å². The summed E-state index contributed by atoms with van der Waals surface area (Å²) in [5.41, 5.74) is 1.30. The molecule has 5 aliphatic carbocycles. The normalized spacial score (nSPS) is 54.1. The lowest BCUT2D eigenvalue weighted by atomic mass is 9.36. The predicted molar refractivity (Wildman–Crippen MR) is 137 cm³/mol. The highest BCUT2D eigenvalue weighted by Crippen LogP contribution is 2.76. The Morgan fingerprint density at radius 1 is 0.824 bits per heavy atom. The van der Waals surface area contributed by atoms with Crippen LogP contribution >= 0.6 is 0 Å². The fourth-order valence-corrected chi connectivity index (χ4v) is 11.7. The maximum atomic E-state index is 12.8. The van der Waals surface area contributed by atoms with Crippen LogP contribution in [0.15, 0.2) is 12.2 Å². The zero-order valence-electron chi connectivity index (χ0n) is 22.8. The molecule has 2 N–H and O–H groups in total. The van der Waals surface area contributed by atoms with Crippen molar-refractivity contribution in [3.63, 3.8) is 0 Å². The van der Waals surface area contributed by atoms with Gasteiger partial charge in [0.15, 0.2) is 0 Å².